The molecule has 0 atom stereocenters. The lowest BCUT2D eigenvalue weighted by Crippen LogP contribution is -2.31. The predicted molar refractivity (Wildman–Crippen MR) is 104 cm³/mol. The van der Waals surface area contributed by atoms with E-state index in [1.54, 1.807) is 42.5 Å². The summed E-state index contributed by atoms with van der Waals surface area (Å²) in [5.74, 6) is -0.593. The van der Waals surface area contributed by atoms with Crippen LogP contribution in [-0.4, -0.2) is 39.1 Å². The van der Waals surface area contributed by atoms with Gasteiger partial charge in [-0.05, 0) is 30.7 Å². The zero-order valence-corrected chi connectivity index (χ0v) is 15.4. The molecule has 0 saturated heterocycles. The van der Waals surface area contributed by atoms with Gasteiger partial charge in [-0.1, -0.05) is 29.8 Å². The van der Waals surface area contributed by atoms with Crippen LogP contribution in [0.1, 0.15) is 33.6 Å². The van der Waals surface area contributed by atoms with Crippen molar-refractivity contribution in [2.45, 2.75) is 12.8 Å². The maximum atomic E-state index is 12.3. The first-order valence-corrected chi connectivity index (χ1v) is 9.09. The van der Waals surface area contributed by atoms with Crippen molar-refractivity contribution in [2.75, 3.05) is 11.9 Å². The molecule has 2 heterocycles. The van der Waals surface area contributed by atoms with Gasteiger partial charge in [0.05, 0.1) is 27.9 Å². The molecule has 1 aliphatic heterocycles. The maximum absolute atomic E-state index is 12.3. The molecule has 3 aromatic rings. The van der Waals surface area contributed by atoms with Crippen molar-refractivity contribution in [3.8, 4) is 0 Å². The Balaban J connectivity index is 1.34. The molecule has 2 aromatic carbocycles. The fourth-order valence-electron chi connectivity index (χ4n) is 3.11. The number of hydrogen-bond donors (Lipinski definition) is 1. The number of halogens is 1. The van der Waals surface area contributed by atoms with Gasteiger partial charge in [0.1, 0.15) is 5.52 Å². The third-order valence-corrected chi connectivity index (χ3v) is 4.76. The molecule has 0 bridgehead atoms. The number of aromatic nitrogens is 2. The van der Waals surface area contributed by atoms with Crippen molar-refractivity contribution < 1.29 is 14.4 Å². The minimum atomic E-state index is -0.321. The molecule has 0 unspecified atom stereocenters. The van der Waals surface area contributed by atoms with Gasteiger partial charge >= 0.3 is 0 Å². The first kappa shape index (κ1) is 18.1. The lowest BCUT2D eigenvalue weighted by molar-refractivity contribution is -0.116. The number of benzene rings is 2. The maximum Gasteiger partial charge on any atom is 0.261 e. The van der Waals surface area contributed by atoms with Crippen LogP contribution in [0.5, 0.6) is 0 Å². The summed E-state index contributed by atoms with van der Waals surface area (Å²) in [4.78, 5) is 46.5. The zero-order valence-electron chi connectivity index (χ0n) is 14.7. The molecule has 0 saturated carbocycles. The second-order valence-corrected chi connectivity index (χ2v) is 6.73. The molecule has 1 aliphatic rings. The highest BCUT2D eigenvalue weighted by Gasteiger charge is 2.34. The molecule has 0 fully saturated rings. The zero-order chi connectivity index (χ0) is 19.7. The third kappa shape index (κ3) is 3.32. The summed E-state index contributed by atoms with van der Waals surface area (Å²) in [6, 6.07) is 11.9. The van der Waals surface area contributed by atoms with E-state index in [1.807, 2.05) is 0 Å². The lowest BCUT2D eigenvalue weighted by Gasteiger charge is -2.13. The van der Waals surface area contributed by atoms with Gasteiger partial charge in [0.2, 0.25) is 5.91 Å². The van der Waals surface area contributed by atoms with Gasteiger partial charge in [-0.3, -0.25) is 19.3 Å². The van der Waals surface area contributed by atoms with E-state index in [1.165, 1.54) is 11.1 Å². The van der Waals surface area contributed by atoms with E-state index in [0.717, 1.165) is 0 Å². The number of fused-ring (bicyclic) bond motifs is 2. The molecule has 3 amide bonds. The minimum absolute atomic E-state index is 0.142. The van der Waals surface area contributed by atoms with E-state index >= 15 is 0 Å². The van der Waals surface area contributed by atoms with Crippen molar-refractivity contribution in [1.82, 2.24) is 14.9 Å². The van der Waals surface area contributed by atoms with Gasteiger partial charge < -0.3 is 5.32 Å². The molecular formula is C20H15ClN4O3. The topological polar surface area (TPSA) is 92.3 Å². The molecule has 7 nitrogen and oxygen atoms in total. The second kappa shape index (κ2) is 7.36. The molecule has 0 aliphatic carbocycles. The number of carbonyl (C=O) groups excluding carboxylic acids is 3. The Bertz CT molecular complexity index is 1080. The van der Waals surface area contributed by atoms with E-state index in [0.29, 0.717) is 39.4 Å². The van der Waals surface area contributed by atoms with Crippen molar-refractivity contribution in [3.05, 3.63) is 64.8 Å². The number of amides is 3. The molecule has 4 rings (SSSR count). The molecule has 0 spiro atoms. The minimum Gasteiger partial charge on any atom is -0.309 e. The predicted octanol–water partition coefficient (Wildman–Crippen LogP) is 3.30. The van der Waals surface area contributed by atoms with Crippen LogP contribution in [0.3, 0.4) is 0 Å². The van der Waals surface area contributed by atoms with Gasteiger partial charge in [-0.25, -0.2) is 9.97 Å². The van der Waals surface area contributed by atoms with Gasteiger partial charge in [-0.15, -0.1) is 0 Å². The second-order valence-electron chi connectivity index (χ2n) is 6.32. The molecule has 28 heavy (non-hydrogen) atoms. The summed E-state index contributed by atoms with van der Waals surface area (Å²) in [6.07, 6.45) is 1.93. The average Bonchev–Trinajstić information content (AvgIpc) is 2.93. The highest BCUT2D eigenvalue weighted by Crippen LogP contribution is 2.23. The molecule has 0 radical (unpaired) electrons. The number of anilines is 1. The Morgan fingerprint density at radius 3 is 2.46 bits per heavy atom. The number of imide groups is 1. The smallest absolute Gasteiger partial charge is 0.261 e. The standard InChI is InChI=1S/C20H15ClN4O3/c21-14-7-3-8-15-18(14)22-11-16(23-15)24-17(26)9-4-10-25-19(27)12-5-1-2-6-13(12)20(25)28/h1-3,5-8,11H,4,9-10H2,(H,23,24,26). The third-order valence-electron chi connectivity index (χ3n) is 4.45. The Morgan fingerprint density at radius 1 is 1.04 bits per heavy atom. The SMILES string of the molecule is O=C(CCCN1C(=O)c2ccccc2C1=O)Nc1cnc2c(Cl)cccc2n1. The van der Waals surface area contributed by atoms with Crippen molar-refractivity contribution in [1.29, 1.82) is 0 Å². The van der Waals surface area contributed by atoms with E-state index in [4.69, 9.17) is 11.6 Å². The van der Waals surface area contributed by atoms with Crippen LogP contribution in [0.2, 0.25) is 5.02 Å². The van der Waals surface area contributed by atoms with E-state index in [9.17, 15) is 14.4 Å². The number of para-hydroxylation sites is 1. The molecule has 8 heteroatoms. The van der Waals surface area contributed by atoms with E-state index < -0.39 is 0 Å². The van der Waals surface area contributed by atoms with Crippen molar-refractivity contribution in [2.24, 2.45) is 0 Å². The number of rotatable bonds is 5. The first-order valence-electron chi connectivity index (χ1n) is 8.71. The number of nitrogens with zero attached hydrogens (tertiary/aromatic N) is 3. The van der Waals surface area contributed by atoms with Crippen LogP contribution in [0, 0.1) is 0 Å². The van der Waals surface area contributed by atoms with E-state index in [2.05, 4.69) is 15.3 Å². The van der Waals surface area contributed by atoms with Gasteiger partial charge in [0.15, 0.2) is 5.82 Å². The Morgan fingerprint density at radius 2 is 1.75 bits per heavy atom. The highest BCUT2D eigenvalue weighted by atomic mass is 35.5. The van der Waals surface area contributed by atoms with Gasteiger partial charge in [-0.2, -0.15) is 0 Å². The summed E-state index contributed by atoms with van der Waals surface area (Å²) in [7, 11) is 0. The van der Waals surface area contributed by atoms with Crippen LogP contribution in [0.4, 0.5) is 5.82 Å². The fourth-order valence-corrected chi connectivity index (χ4v) is 3.33. The summed E-state index contributed by atoms with van der Waals surface area (Å²) in [6.45, 7) is 0.179. The Kier molecular flexibility index (Phi) is 4.75. The highest BCUT2D eigenvalue weighted by molar-refractivity contribution is 6.34. The fraction of sp³-hybridized carbons (Fsp3) is 0.150. The van der Waals surface area contributed by atoms with Crippen LogP contribution < -0.4 is 5.32 Å². The van der Waals surface area contributed by atoms with Crippen molar-refractivity contribution >= 4 is 46.2 Å². The monoisotopic (exact) mass is 394 g/mol. The normalized spacial score (nSPS) is 13.1. The number of carbonyl (C=O) groups is 3. The first-order chi connectivity index (χ1) is 13.5. The quantitative estimate of drug-likeness (QED) is 0.670. The largest absolute Gasteiger partial charge is 0.309 e. The molecule has 1 N–H and O–H groups in total. The summed E-state index contributed by atoms with van der Waals surface area (Å²) in [5.41, 5.74) is 1.95. The van der Waals surface area contributed by atoms with Crippen LogP contribution in [-0.2, 0) is 4.79 Å². The van der Waals surface area contributed by atoms with Crippen molar-refractivity contribution in [3.63, 3.8) is 0 Å². The average molecular weight is 395 g/mol. The Labute approximate surface area is 165 Å². The Hall–Kier alpha value is -3.32. The van der Waals surface area contributed by atoms with E-state index in [-0.39, 0.29) is 30.7 Å². The van der Waals surface area contributed by atoms with Crippen LogP contribution >= 0.6 is 11.6 Å². The summed E-state index contributed by atoms with van der Waals surface area (Å²) >= 11 is 6.05. The van der Waals surface area contributed by atoms with Crippen LogP contribution in [0.15, 0.2) is 48.7 Å². The number of nitrogens with one attached hydrogen (secondary N) is 1. The lowest BCUT2D eigenvalue weighted by atomic mass is 10.1. The molecular weight excluding hydrogens is 380 g/mol. The summed E-state index contributed by atoms with van der Waals surface area (Å²) < 4.78 is 0. The number of hydrogen-bond acceptors (Lipinski definition) is 5. The molecule has 140 valence electrons. The summed E-state index contributed by atoms with van der Waals surface area (Å²) in [5, 5.41) is 3.16. The van der Waals surface area contributed by atoms with Crippen LogP contribution in [0.25, 0.3) is 11.0 Å². The van der Waals surface area contributed by atoms with Gasteiger partial charge in [0, 0.05) is 13.0 Å². The molecule has 1 aromatic heterocycles. The van der Waals surface area contributed by atoms with Gasteiger partial charge in [0.25, 0.3) is 11.8 Å².